The van der Waals surface area contributed by atoms with E-state index < -0.39 is 5.60 Å². The third-order valence-corrected chi connectivity index (χ3v) is 9.62. The van der Waals surface area contributed by atoms with E-state index in [2.05, 4.69) is 39.5 Å². The molecular formula is C33H54O3. The number of unbranched alkanes of at least 4 members (excludes halogenated alkanes) is 2. The van der Waals surface area contributed by atoms with Crippen molar-refractivity contribution >= 4 is 5.97 Å². The fourth-order valence-corrected chi connectivity index (χ4v) is 7.52. The predicted molar refractivity (Wildman–Crippen MR) is 151 cm³/mol. The molecule has 0 radical (unpaired) electrons. The molecular weight excluding hydrogens is 444 g/mol. The zero-order chi connectivity index (χ0) is 26.3. The Kier molecular flexibility index (Phi) is 10.5. The van der Waals surface area contributed by atoms with Crippen LogP contribution >= 0.6 is 0 Å². The van der Waals surface area contributed by atoms with E-state index in [-0.39, 0.29) is 12.1 Å². The zero-order valence-corrected chi connectivity index (χ0v) is 24.0. The van der Waals surface area contributed by atoms with Crippen molar-refractivity contribution in [3.8, 4) is 0 Å². The molecule has 3 rings (SSSR count). The van der Waals surface area contributed by atoms with Crippen LogP contribution in [0.3, 0.4) is 0 Å². The minimum Gasteiger partial charge on any atom is -0.462 e. The molecule has 0 aliphatic heterocycles. The molecule has 0 spiro atoms. The second-order valence-corrected chi connectivity index (χ2v) is 13.1. The number of carbonyl (C=O) groups is 1. The minimum atomic E-state index is -0.550. The number of rotatable bonds is 11. The van der Waals surface area contributed by atoms with Crippen LogP contribution in [-0.4, -0.2) is 22.8 Å². The van der Waals surface area contributed by atoms with E-state index in [9.17, 15) is 9.90 Å². The lowest BCUT2D eigenvalue weighted by Gasteiger charge is -2.44. The fraction of sp³-hybridized carbons (Fsp3) is 0.788. The molecule has 0 heterocycles. The van der Waals surface area contributed by atoms with E-state index in [1.54, 1.807) is 5.57 Å². The summed E-state index contributed by atoms with van der Waals surface area (Å²) in [7, 11) is 0. The first-order valence-electron chi connectivity index (χ1n) is 15.0. The number of allylic oxidation sites excluding steroid dienone is 4. The van der Waals surface area contributed by atoms with Gasteiger partial charge in [0.05, 0.1) is 5.60 Å². The lowest BCUT2D eigenvalue weighted by atomic mass is 9.60. The Labute approximate surface area is 221 Å². The molecule has 3 aliphatic carbocycles. The molecule has 3 fully saturated rings. The Morgan fingerprint density at radius 3 is 2.69 bits per heavy atom. The summed E-state index contributed by atoms with van der Waals surface area (Å²) in [5.74, 6) is 2.15. The molecule has 3 aliphatic rings. The van der Waals surface area contributed by atoms with Crippen molar-refractivity contribution in [3.05, 3.63) is 35.5 Å². The van der Waals surface area contributed by atoms with Crippen LogP contribution in [-0.2, 0) is 9.53 Å². The van der Waals surface area contributed by atoms with Crippen molar-refractivity contribution in [1.29, 1.82) is 0 Å². The van der Waals surface area contributed by atoms with Crippen molar-refractivity contribution in [2.75, 3.05) is 0 Å². The highest BCUT2D eigenvalue weighted by Gasteiger charge is 2.50. The molecule has 3 nitrogen and oxygen atoms in total. The third-order valence-electron chi connectivity index (χ3n) is 9.62. The van der Waals surface area contributed by atoms with Crippen molar-refractivity contribution in [2.24, 2.45) is 23.2 Å². The largest absolute Gasteiger partial charge is 0.462 e. The Hall–Kier alpha value is -1.35. The molecule has 1 N–H and O–H groups in total. The summed E-state index contributed by atoms with van der Waals surface area (Å²) in [6, 6.07) is 0. The van der Waals surface area contributed by atoms with Crippen molar-refractivity contribution in [3.63, 3.8) is 0 Å². The van der Waals surface area contributed by atoms with Gasteiger partial charge in [0.25, 0.3) is 0 Å². The van der Waals surface area contributed by atoms with Gasteiger partial charge in [-0.2, -0.15) is 0 Å². The number of esters is 1. The smallest absolute Gasteiger partial charge is 0.306 e. The Morgan fingerprint density at radius 2 is 1.97 bits per heavy atom. The number of aliphatic hydroxyl groups is 1. The highest BCUT2D eigenvalue weighted by Crippen LogP contribution is 2.60. The zero-order valence-electron chi connectivity index (χ0n) is 24.0. The van der Waals surface area contributed by atoms with Gasteiger partial charge in [-0.15, -0.1) is 0 Å². The van der Waals surface area contributed by atoms with Gasteiger partial charge in [0.1, 0.15) is 6.10 Å². The first-order chi connectivity index (χ1) is 17.0. The monoisotopic (exact) mass is 498 g/mol. The Balaban J connectivity index is 1.62. The van der Waals surface area contributed by atoms with Gasteiger partial charge < -0.3 is 9.84 Å². The average Bonchev–Trinajstić information content (AvgIpc) is 3.16. The summed E-state index contributed by atoms with van der Waals surface area (Å²) in [6.07, 6.45) is 20.8. The van der Waals surface area contributed by atoms with Gasteiger partial charge in [0.2, 0.25) is 0 Å². The average molecular weight is 499 g/mol. The molecule has 5 atom stereocenters. The van der Waals surface area contributed by atoms with Gasteiger partial charge in [-0.05, 0) is 100 Å². The van der Waals surface area contributed by atoms with E-state index in [4.69, 9.17) is 4.74 Å². The normalized spacial score (nSPS) is 32.1. The van der Waals surface area contributed by atoms with Crippen LogP contribution in [0.4, 0.5) is 0 Å². The van der Waals surface area contributed by atoms with Crippen LogP contribution in [0.2, 0.25) is 0 Å². The fourth-order valence-electron chi connectivity index (χ4n) is 7.52. The summed E-state index contributed by atoms with van der Waals surface area (Å²) >= 11 is 0. The summed E-state index contributed by atoms with van der Waals surface area (Å²) in [6.45, 7) is 15.4. The second kappa shape index (κ2) is 12.9. The van der Waals surface area contributed by atoms with Crippen LogP contribution in [0.1, 0.15) is 131 Å². The van der Waals surface area contributed by atoms with E-state index >= 15 is 0 Å². The highest BCUT2D eigenvalue weighted by atomic mass is 16.5. The molecule has 1 unspecified atom stereocenters. The van der Waals surface area contributed by atoms with Crippen LogP contribution in [0.15, 0.2) is 35.5 Å². The van der Waals surface area contributed by atoms with Crippen molar-refractivity contribution < 1.29 is 14.6 Å². The number of carbonyl (C=O) groups excluding carboxylic acids is 1. The molecule has 0 amide bonds. The first kappa shape index (κ1) is 29.2. The van der Waals surface area contributed by atoms with Crippen LogP contribution in [0.5, 0.6) is 0 Å². The maximum atomic E-state index is 12.3. The van der Waals surface area contributed by atoms with Crippen LogP contribution in [0, 0.1) is 23.2 Å². The number of fused-ring (bicyclic) bond motifs is 1. The molecule has 0 saturated heterocycles. The van der Waals surface area contributed by atoms with E-state index in [0.717, 1.165) is 57.3 Å². The van der Waals surface area contributed by atoms with E-state index in [1.807, 2.05) is 13.8 Å². The summed E-state index contributed by atoms with van der Waals surface area (Å²) in [5.41, 5.74) is 3.98. The summed E-state index contributed by atoms with van der Waals surface area (Å²) in [5, 5.41) is 10.1. The molecule has 0 aromatic rings. The summed E-state index contributed by atoms with van der Waals surface area (Å²) in [4.78, 5) is 12.3. The second-order valence-electron chi connectivity index (χ2n) is 13.1. The molecule has 204 valence electrons. The van der Waals surface area contributed by atoms with Crippen molar-refractivity contribution in [2.45, 2.75) is 143 Å². The van der Waals surface area contributed by atoms with Gasteiger partial charge in [0, 0.05) is 12.8 Å². The minimum absolute atomic E-state index is 0.00603. The Bertz CT molecular complexity index is 813. The molecule has 3 heteroatoms. The van der Waals surface area contributed by atoms with Gasteiger partial charge in [-0.3, -0.25) is 4.79 Å². The SMILES string of the molecule is C=C1CC[C@H](OC(=O)CCCCC)C/C1=C/C=C1CCC[C@@]2(C)C1CC[C@@H]2[C@H](C)CCCC(C)(C)O. The maximum absolute atomic E-state index is 12.3. The molecule has 0 aromatic heterocycles. The van der Waals surface area contributed by atoms with E-state index in [1.165, 1.54) is 49.7 Å². The van der Waals surface area contributed by atoms with Gasteiger partial charge in [0.15, 0.2) is 0 Å². The van der Waals surface area contributed by atoms with E-state index in [0.29, 0.717) is 23.7 Å². The number of ether oxygens (including phenoxy) is 1. The molecule has 3 saturated carbocycles. The topological polar surface area (TPSA) is 46.5 Å². The Morgan fingerprint density at radius 1 is 1.19 bits per heavy atom. The molecule has 36 heavy (non-hydrogen) atoms. The quantitative estimate of drug-likeness (QED) is 0.228. The highest BCUT2D eigenvalue weighted by molar-refractivity contribution is 5.69. The molecule has 0 bridgehead atoms. The lowest BCUT2D eigenvalue weighted by molar-refractivity contribution is -0.149. The standard InChI is InChI=1S/C33H54O3/c1-7-8-9-14-31(34)36-28-18-15-24(2)27(23-28)17-16-26-13-11-22-33(6)29(19-20-30(26)33)25(3)12-10-21-32(4,5)35/h16-17,25,28-30,35H,2,7-15,18-23H2,1,3-6H3/b26-16?,27-17-/t25-,28+,29-,30?,33-/m1/s1. The molecule has 0 aromatic carbocycles. The van der Waals surface area contributed by atoms with Crippen LogP contribution in [0.25, 0.3) is 0 Å². The van der Waals surface area contributed by atoms with Gasteiger partial charge in [-0.25, -0.2) is 0 Å². The number of hydrogen-bond acceptors (Lipinski definition) is 3. The predicted octanol–water partition coefficient (Wildman–Crippen LogP) is 8.87. The maximum Gasteiger partial charge on any atom is 0.306 e. The summed E-state index contributed by atoms with van der Waals surface area (Å²) < 4.78 is 5.83. The van der Waals surface area contributed by atoms with Crippen molar-refractivity contribution in [1.82, 2.24) is 0 Å². The first-order valence-corrected chi connectivity index (χ1v) is 15.0. The number of hydrogen-bond donors (Lipinski definition) is 1. The third kappa shape index (κ3) is 7.83. The van der Waals surface area contributed by atoms with Crippen LogP contribution < -0.4 is 0 Å². The lowest BCUT2D eigenvalue weighted by Crippen LogP contribution is -2.36. The van der Waals surface area contributed by atoms with Gasteiger partial charge >= 0.3 is 5.97 Å². The van der Waals surface area contributed by atoms with Gasteiger partial charge in [-0.1, -0.05) is 76.3 Å².